The molecule has 4 heteroatoms. The molecule has 3 fully saturated rings. The first-order valence-electron chi connectivity index (χ1n) is 14.2. The lowest BCUT2D eigenvalue weighted by Crippen LogP contribution is -2.22. The summed E-state index contributed by atoms with van der Waals surface area (Å²) in [6, 6.07) is 0. The molecule has 4 nitrogen and oxygen atoms in total. The highest BCUT2D eigenvalue weighted by Gasteiger charge is 2.20. The van der Waals surface area contributed by atoms with Crippen molar-refractivity contribution in [2.75, 3.05) is 26.4 Å². The zero-order valence-corrected chi connectivity index (χ0v) is 21.1. The zero-order valence-electron chi connectivity index (χ0n) is 21.1. The van der Waals surface area contributed by atoms with Gasteiger partial charge in [-0.3, -0.25) is 0 Å². The highest BCUT2D eigenvalue weighted by molar-refractivity contribution is 4.99. The van der Waals surface area contributed by atoms with Gasteiger partial charge in [-0.25, -0.2) is 0 Å². The number of ether oxygens (including phenoxy) is 4. The maximum Gasteiger partial charge on any atom is 0.157 e. The first-order valence-corrected chi connectivity index (χ1v) is 14.2. The minimum absolute atomic E-state index is 0.0732. The molecule has 4 atom stereocenters. The third-order valence-corrected chi connectivity index (χ3v) is 7.24. The third kappa shape index (κ3) is 12.5. The molecule has 4 unspecified atom stereocenters. The van der Waals surface area contributed by atoms with Gasteiger partial charge in [-0.05, 0) is 108 Å². The Labute approximate surface area is 203 Å². The Morgan fingerprint density at radius 3 is 1.55 bits per heavy atom. The summed E-state index contributed by atoms with van der Waals surface area (Å²) in [5, 5.41) is 0. The molecule has 2 aliphatic heterocycles. The fraction of sp³-hybridized carbons (Fsp3) is 0.862. The molecule has 2 saturated heterocycles. The van der Waals surface area contributed by atoms with E-state index < -0.39 is 0 Å². The molecule has 2 heterocycles. The van der Waals surface area contributed by atoms with Crippen molar-refractivity contribution >= 4 is 0 Å². The lowest BCUT2D eigenvalue weighted by Gasteiger charge is -2.22. The maximum absolute atomic E-state index is 5.81. The van der Waals surface area contributed by atoms with Crippen molar-refractivity contribution in [3.05, 3.63) is 24.3 Å². The molecule has 0 spiro atoms. The van der Waals surface area contributed by atoms with Crippen LogP contribution in [0.5, 0.6) is 0 Å². The number of unbranched alkanes of at least 4 members (excludes halogenated alkanes) is 6. The monoisotopic (exact) mass is 462 g/mol. The van der Waals surface area contributed by atoms with Gasteiger partial charge in [0.05, 0.1) is 0 Å². The average molecular weight is 463 g/mol. The Kier molecular flexibility index (Phi) is 14.4. The molecule has 0 aromatic heterocycles. The van der Waals surface area contributed by atoms with E-state index in [0.29, 0.717) is 0 Å². The molecule has 33 heavy (non-hydrogen) atoms. The smallest absolute Gasteiger partial charge is 0.157 e. The molecule has 0 N–H and O–H groups in total. The maximum atomic E-state index is 5.81. The number of hydrogen-bond acceptors (Lipinski definition) is 4. The van der Waals surface area contributed by atoms with Gasteiger partial charge in [0, 0.05) is 26.4 Å². The van der Waals surface area contributed by atoms with Gasteiger partial charge in [-0.15, -0.1) is 0 Å². The molecule has 1 saturated carbocycles. The summed E-state index contributed by atoms with van der Waals surface area (Å²) in [4.78, 5) is 0. The molecule has 190 valence electrons. The Bertz CT molecular complexity index is 474. The zero-order chi connectivity index (χ0) is 22.8. The fourth-order valence-electron chi connectivity index (χ4n) is 5.18. The van der Waals surface area contributed by atoms with Crippen LogP contribution >= 0.6 is 0 Å². The van der Waals surface area contributed by atoms with Crippen molar-refractivity contribution in [1.82, 2.24) is 0 Å². The molecule has 0 aromatic carbocycles. The van der Waals surface area contributed by atoms with E-state index in [9.17, 15) is 0 Å². The fourth-order valence-corrected chi connectivity index (χ4v) is 5.18. The SMILES string of the molecule is C(=C\C1CCC(/C=C/CCCCCOC2CCCCO2)C1)/CCCCCOC1CCCCO1. The summed E-state index contributed by atoms with van der Waals surface area (Å²) in [5.74, 6) is 1.59. The second kappa shape index (κ2) is 17.7. The minimum atomic E-state index is 0.0732. The highest BCUT2D eigenvalue weighted by atomic mass is 16.7. The van der Waals surface area contributed by atoms with Crippen LogP contribution in [0.2, 0.25) is 0 Å². The van der Waals surface area contributed by atoms with Gasteiger partial charge < -0.3 is 18.9 Å². The van der Waals surface area contributed by atoms with Crippen molar-refractivity contribution in [3.63, 3.8) is 0 Å². The van der Waals surface area contributed by atoms with E-state index >= 15 is 0 Å². The topological polar surface area (TPSA) is 36.9 Å². The Hall–Kier alpha value is -0.680. The second-order valence-electron chi connectivity index (χ2n) is 10.2. The molecule has 0 amide bonds. The first-order chi connectivity index (χ1) is 16.4. The molecular formula is C29H50O4. The molecule has 0 aromatic rings. The first kappa shape index (κ1) is 26.9. The van der Waals surface area contributed by atoms with E-state index in [4.69, 9.17) is 18.9 Å². The van der Waals surface area contributed by atoms with E-state index in [1.54, 1.807) is 0 Å². The van der Waals surface area contributed by atoms with Crippen LogP contribution in [0, 0.1) is 11.8 Å². The predicted octanol–water partition coefficient (Wildman–Crippen LogP) is 7.72. The van der Waals surface area contributed by atoms with E-state index in [-0.39, 0.29) is 12.6 Å². The van der Waals surface area contributed by atoms with Crippen LogP contribution in [0.15, 0.2) is 24.3 Å². The van der Waals surface area contributed by atoms with E-state index in [0.717, 1.165) is 63.9 Å². The van der Waals surface area contributed by atoms with Crippen molar-refractivity contribution in [3.8, 4) is 0 Å². The molecule has 3 aliphatic rings. The van der Waals surface area contributed by atoms with Crippen LogP contribution in [0.3, 0.4) is 0 Å². The summed E-state index contributed by atoms with van der Waals surface area (Å²) in [7, 11) is 0. The van der Waals surface area contributed by atoms with Gasteiger partial charge in [0.1, 0.15) is 0 Å². The highest BCUT2D eigenvalue weighted by Crippen LogP contribution is 2.33. The van der Waals surface area contributed by atoms with Crippen LogP contribution in [0.1, 0.15) is 109 Å². The van der Waals surface area contributed by atoms with Crippen molar-refractivity contribution in [1.29, 1.82) is 0 Å². The average Bonchev–Trinajstić information content (AvgIpc) is 3.31. The van der Waals surface area contributed by atoms with E-state index in [1.165, 1.54) is 83.5 Å². The third-order valence-electron chi connectivity index (χ3n) is 7.24. The van der Waals surface area contributed by atoms with Crippen molar-refractivity contribution < 1.29 is 18.9 Å². The second-order valence-corrected chi connectivity index (χ2v) is 10.2. The van der Waals surface area contributed by atoms with Crippen LogP contribution in [0.4, 0.5) is 0 Å². The summed E-state index contributed by atoms with van der Waals surface area (Å²) in [6.07, 6.45) is 30.9. The molecule has 1 aliphatic carbocycles. The van der Waals surface area contributed by atoms with Crippen LogP contribution in [-0.4, -0.2) is 39.0 Å². The van der Waals surface area contributed by atoms with Crippen molar-refractivity contribution in [2.24, 2.45) is 11.8 Å². The van der Waals surface area contributed by atoms with Gasteiger partial charge in [-0.1, -0.05) is 37.1 Å². The number of hydrogen-bond donors (Lipinski definition) is 0. The van der Waals surface area contributed by atoms with Gasteiger partial charge in [0.25, 0.3) is 0 Å². The summed E-state index contributed by atoms with van der Waals surface area (Å²) < 4.78 is 22.8. The Morgan fingerprint density at radius 2 is 1.09 bits per heavy atom. The Morgan fingerprint density at radius 1 is 0.576 bits per heavy atom. The standard InChI is InChI=1S/C29H50O4/c1(5-11-21-30-28-17-9-13-23-32-28)3-7-15-26-19-20-27(25-26)16-8-4-2-6-12-22-31-29-18-10-14-24-33-29/h7-8,15-16,26-29H,1-6,9-14,17-25H2/b15-7+,16-8+. The summed E-state index contributed by atoms with van der Waals surface area (Å²) in [5.41, 5.74) is 0. The Balaban J connectivity index is 1.09. The van der Waals surface area contributed by atoms with E-state index in [2.05, 4.69) is 24.3 Å². The lowest BCUT2D eigenvalue weighted by atomic mass is 10.0. The molecular weight excluding hydrogens is 412 g/mol. The largest absolute Gasteiger partial charge is 0.353 e. The molecule has 0 bridgehead atoms. The van der Waals surface area contributed by atoms with Gasteiger partial charge in [-0.2, -0.15) is 0 Å². The van der Waals surface area contributed by atoms with Gasteiger partial charge in [0.2, 0.25) is 0 Å². The van der Waals surface area contributed by atoms with Crippen LogP contribution < -0.4 is 0 Å². The summed E-state index contributed by atoms with van der Waals surface area (Å²) >= 11 is 0. The van der Waals surface area contributed by atoms with Gasteiger partial charge in [0.15, 0.2) is 12.6 Å². The normalized spacial score (nSPS) is 28.8. The predicted molar refractivity (Wildman–Crippen MR) is 135 cm³/mol. The molecule has 0 radical (unpaired) electrons. The summed E-state index contributed by atoms with van der Waals surface area (Å²) in [6.45, 7) is 3.46. The lowest BCUT2D eigenvalue weighted by molar-refractivity contribution is -0.163. The van der Waals surface area contributed by atoms with Gasteiger partial charge >= 0.3 is 0 Å². The van der Waals surface area contributed by atoms with Crippen LogP contribution in [-0.2, 0) is 18.9 Å². The molecule has 3 rings (SSSR count). The van der Waals surface area contributed by atoms with Crippen LogP contribution in [0.25, 0.3) is 0 Å². The number of allylic oxidation sites excluding steroid dienone is 4. The van der Waals surface area contributed by atoms with Crippen molar-refractivity contribution in [2.45, 2.75) is 122 Å². The minimum Gasteiger partial charge on any atom is -0.353 e. The van der Waals surface area contributed by atoms with E-state index in [1.807, 2.05) is 0 Å². The quantitative estimate of drug-likeness (QED) is 0.174. The number of rotatable bonds is 16.